The van der Waals surface area contributed by atoms with Crippen molar-refractivity contribution in [2.24, 2.45) is 0 Å². The van der Waals surface area contributed by atoms with Crippen LogP contribution in [0.25, 0.3) is 5.57 Å². The Labute approximate surface area is 105 Å². The average molecular weight is 253 g/mol. The second kappa shape index (κ2) is 5.59. The Morgan fingerprint density at radius 1 is 1.22 bits per heavy atom. The first-order valence-corrected chi connectivity index (χ1v) is 6.13. The molecule has 0 saturated heterocycles. The van der Waals surface area contributed by atoms with Gasteiger partial charge in [-0.1, -0.05) is 30.3 Å². The molecule has 4 heteroatoms. The Hall–Kier alpha value is -1.26. The number of alkyl halides is 2. The van der Waals surface area contributed by atoms with Gasteiger partial charge in [0.1, 0.15) is 0 Å². The Kier molecular flexibility index (Phi) is 4.09. The third-order valence-corrected chi connectivity index (χ3v) is 3.08. The molecule has 2 N–H and O–H groups in total. The molecule has 1 heterocycles. The molecule has 1 aromatic rings. The third kappa shape index (κ3) is 2.94. The zero-order valence-electron chi connectivity index (χ0n) is 10.1. The van der Waals surface area contributed by atoms with Crippen molar-refractivity contribution in [1.82, 2.24) is 5.32 Å². The highest BCUT2D eigenvalue weighted by Crippen LogP contribution is 2.33. The van der Waals surface area contributed by atoms with Gasteiger partial charge in [-0.25, -0.2) is 0 Å². The molecule has 0 bridgehead atoms. The van der Waals surface area contributed by atoms with Gasteiger partial charge in [-0.3, -0.25) is 0 Å². The van der Waals surface area contributed by atoms with Gasteiger partial charge in [0.15, 0.2) is 0 Å². The van der Waals surface area contributed by atoms with Crippen molar-refractivity contribution in [3.8, 4) is 0 Å². The van der Waals surface area contributed by atoms with Gasteiger partial charge in [0.05, 0.1) is 6.54 Å². The molecule has 0 aliphatic carbocycles. The monoisotopic (exact) mass is 253 g/mol. The molecule has 0 saturated carbocycles. The topological polar surface area (TPSA) is 32.3 Å². The second-order valence-corrected chi connectivity index (χ2v) is 4.48. The SMILES string of the molecule is OCCCc1ccc(C2=CCNCC2(F)F)cc1. The van der Waals surface area contributed by atoms with E-state index in [9.17, 15) is 8.78 Å². The van der Waals surface area contributed by atoms with Gasteiger partial charge in [0.2, 0.25) is 0 Å². The number of nitrogens with one attached hydrogen (secondary N) is 1. The van der Waals surface area contributed by atoms with E-state index in [1.807, 2.05) is 12.1 Å². The van der Waals surface area contributed by atoms with Gasteiger partial charge >= 0.3 is 0 Å². The maximum absolute atomic E-state index is 13.7. The maximum atomic E-state index is 13.7. The molecule has 0 radical (unpaired) electrons. The molecule has 0 amide bonds. The predicted octanol–water partition coefficient (Wildman–Crippen LogP) is 2.23. The van der Waals surface area contributed by atoms with Crippen LogP contribution < -0.4 is 5.32 Å². The van der Waals surface area contributed by atoms with E-state index in [0.29, 0.717) is 18.5 Å². The van der Waals surface area contributed by atoms with Gasteiger partial charge in [-0.2, -0.15) is 8.78 Å². The minimum absolute atomic E-state index is 0.106. The van der Waals surface area contributed by atoms with Crippen LogP contribution in [0.3, 0.4) is 0 Å². The van der Waals surface area contributed by atoms with Gasteiger partial charge in [0, 0.05) is 18.7 Å². The van der Waals surface area contributed by atoms with Crippen LogP contribution in [0.15, 0.2) is 30.3 Å². The van der Waals surface area contributed by atoms with Gasteiger partial charge in [-0.05, 0) is 24.0 Å². The van der Waals surface area contributed by atoms with Crippen molar-refractivity contribution >= 4 is 5.57 Å². The van der Waals surface area contributed by atoms with Gasteiger partial charge in [0.25, 0.3) is 5.92 Å². The van der Waals surface area contributed by atoms with Crippen molar-refractivity contribution in [2.75, 3.05) is 19.7 Å². The molecule has 0 spiro atoms. The fourth-order valence-corrected chi connectivity index (χ4v) is 2.11. The van der Waals surface area contributed by atoms with E-state index >= 15 is 0 Å². The van der Waals surface area contributed by atoms with E-state index in [1.54, 1.807) is 18.2 Å². The van der Waals surface area contributed by atoms with Crippen molar-refractivity contribution in [3.63, 3.8) is 0 Å². The first-order valence-electron chi connectivity index (χ1n) is 6.13. The molecule has 1 aliphatic heterocycles. The quantitative estimate of drug-likeness (QED) is 0.862. The largest absolute Gasteiger partial charge is 0.396 e. The normalized spacial score (nSPS) is 18.5. The third-order valence-electron chi connectivity index (χ3n) is 3.08. The van der Waals surface area contributed by atoms with E-state index in [-0.39, 0.29) is 18.7 Å². The standard InChI is InChI=1S/C14H17F2NO/c15-14(16)10-17-8-7-13(14)12-5-3-11(4-6-12)2-1-9-18/h3-7,17-18H,1-2,8-10H2. The fourth-order valence-electron chi connectivity index (χ4n) is 2.11. The zero-order chi connectivity index (χ0) is 13.0. The van der Waals surface area contributed by atoms with Crippen LogP contribution in [0.4, 0.5) is 8.78 Å². The lowest BCUT2D eigenvalue weighted by Gasteiger charge is -2.25. The summed E-state index contributed by atoms with van der Waals surface area (Å²) < 4.78 is 27.4. The summed E-state index contributed by atoms with van der Waals surface area (Å²) in [6, 6.07) is 7.17. The summed E-state index contributed by atoms with van der Waals surface area (Å²) in [5.74, 6) is -2.80. The fraction of sp³-hybridized carbons (Fsp3) is 0.429. The molecule has 0 atom stereocenters. The summed E-state index contributed by atoms with van der Waals surface area (Å²) in [5.41, 5.74) is 1.75. The van der Waals surface area contributed by atoms with Crippen molar-refractivity contribution in [2.45, 2.75) is 18.8 Å². The molecular weight excluding hydrogens is 236 g/mol. The van der Waals surface area contributed by atoms with Crippen LogP contribution >= 0.6 is 0 Å². The number of hydrogen-bond acceptors (Lipinski definition) is 2. The molecule has 0 fully saturated rings. The maximum Gasteiger partial charge on any atom is 0.285 e. The molecule has 1 aromatic carbocycles. The second-order valence-electron chi connectivity index (χ2n) is 4.48. The van der Waals surface area contributed by atoms with Gasteiger partial charge < -0.3 is 10.4 Å². The van der Waals surface area contributed by atoms with Crippen molar-refractivity contribution in [1.29, 1.82) is 0 Å². The van der Waals surface area contributed by atoms with E-state index in [0.717, 1.165) is 12.0 Å². The first-order chi connectivity index (χ1) is 8.63. The molecule has 0 unspecified atom stereocenters. The van der Waals surface area contributed by atoms with Crippen LogP contribution in [-0.2, 0) is 6.42 Å². The average Bonchev–Trinajstić information content (AvgIpc) is 2.37. The number of halogens is 2. The Bertz CT molecular complexity index is 426. The first kappa shape index (κ1) is 13.2. The smallest absolute Gasteiger partial charge is 0.285 e. The van der Waals surface area contributed by atoms with E-state index in [1.165, 1.54) is 0 Å². The van der Waals surface area contributed by atoms with Crippen LogP contribution in [0.5, 0.6) is 0 Å². The van der Waals surface area contributed by atoms with Crippen molar-refractivity contribution in [3.05, 3.63) is 41.5 Å². The Balaban J connectivity index is 2.16. The summed E-state index contributed by atoms with van der Waals surface area (Å²) >= 11 is 0. The summed E-state index contributed by atoms with van der Waals surface area (Å²) in [6.07, 6.45) is 3.02. The Morgan fingerprint density at radius 2 is 1.94 bits per heavy atom. The Morgan fingerprint density at radius 3 is 2.56 bits per heavy atom. The molecular formula is C14H17F2NO. The van der Waals surface area contributed by atoms with Crippen LogP contribution in [-0.4, -0.2) is 30.7 Å². The lowest BCUT2D eigenvalue weighted by atomic mass is 9.95. The molecule has 2 rings (SSSR count). The van der Waals surface area contributed by atoms with E-state index in [4.69, 9.17) is 5.11 Å². The number of rotatable bonds is 4. The molecule has 0 aromatic heterocycles. The van der Waals surface area contributed by atoms with Crippen LogP contribution in [0, 0.1) is 0 Å². The van der Waals surface area contributed by atoms with Gasteiger partial charge in [-0.15, -0.1) is 0 Å². The highest BCUT2D eigenvalue weighted by Gasteiger charge is 2.36. The molecule has 98 valence electrons. The zero-order valence-corrected chi connectivity index (χ0v) is 10.1. The van der Waals surface area contributed by atoms with Crippen LogP contribution in [0.1, 0.15) is 17.5 Å². The number of aryl methyl sites for hydroxylation is 1. The summed E-state index contributed by atoms with van der Waals surface area (Å²) in [6.45, 7) is 0.332. The molecule has 18 heavy (non-hydrogen) atoms. The number of benzene rings is 1. The summed E-state index contributed by atoms with van der Waals surface area (Å²) in [4.78, 5) is 0. The van der Waals surface area contributed by atoms with Crippen LogP contribution in [0.2, 0.25) is 0 Å². The van der Waals surface area contributed by atoms with E-state index in [2.05, 4.69) is 5.32 Å². The minimum Gasteiger partial charge on any atom is -0.396 e. The highest BCUT2D eigenvalue weighted by atomic mass is 19.3. The summed E-state index contributed by atoms with van der Waals surface area (Å²) in [7, 11) is 0. The molecule has 1 aliphatic rings. The molecule has 2 nitrogen and oxygen atoms in total. The van der Waals surface area contributed by atoms with E-state index < -0.39 is 5.92 Å². The van der Waals surface area contributed by atoms with Crippen molar-refractivity contribution < 1.29 is 13.9 Å². The lowest BCUT2D eigenvalue weighted by molar-refractivity contribution is 0.0636. The minimum atomic E-state index is -2.80. The highest BCUT2D eigenvalue weighted by molar-refractivity contribution is 5.72. The predicted molar refractivity (Wildman–Crippen MR) is 67.6 cm³/mol. The number of aliphatic hydroxyl groups excluding tert-OH is 1. The summed E-state index contributed by atoms with van der Waals surface area (Å²) in [5, 5.41) is 11.4. The number of hydrogen-bond donors (Lipinski definition) is 2. The number of aliphatic hydroxyl groups is 1. The lowest BCUT2D eigenvalue weighted by Crippen LogP contribution is -2.38.